The Balaban J connectivity index is 1.99. The summed E-state index contributed by atoms with van der Waals surface area (Å²) in [5, 5.41) is 4.52. The van der Waals surface area contributed by atoms with Crippen molar-refractivity contribution in [1.82, 2.24) is 9.78 Å². The first-order valence-electron chi connectivity index (χ1n) is 6.27. The van der Waals surface area contributed by atoms with Gasteiger partial charge < -0.3 is 4.74 Å². The minimum absolute atomic E-state index is 0.0697. The molecule has 1 aromatic carbocycles. The number of benzene rings is 1. The van der Waals surface area contributed by atoms with Crippen LogP contribution in [0.3, 0.4) is 0 Å². The van der Waals surface area contributed by atoms with Crippen LogP contribution < -0.4 is 0 Å². The molecule has 0 saturated carbocycles. The van der Waals surface area contributed by atoms with Crippen molar-refractivity contribution >= 4 is 15.9 Å². The Bertz CT molecular complexity index is 518. The monoisotopic (exact) mass is 306 g/mol. The Hall–Kier alpha value is -1.13. The first kappa shape index (κ1) is 11.9. The van der Waals surface area contributed by atoms with Crippen LogP contribution in [-0.4, -0.2) is 16.4 Å². The van der Waals surface area contributed by atoms with Crippen LogP contribution in [0, 0.1) is 0 Å². The molecule has 94 valence electrons. The van der Waals surface area contributed by atoms with Crippen LogP contribution >= 0.6 is 15.9 Å². The summed E-state index contributed by atoms with van der Waals surface area (Å²) in [7, 11) is 0. The highest BCUT2D eigenvalue weighted by Crippen LogP contribution is 2.30. The van der Waals surface area contributed by atoms with Gasteiger partial charge in [-0.05, 0) is 46.8 Å². The van der Waals surface area contributed by atoms with Gasteiger partial charge in [0.15, 0.2) is 6.23 Å². The normalized spacial score (nSPS) is 19.9. The van der Waals surface area contributed by atoms with E-state index >= 15 is 0 Å². The van der Waals surface area contributed by atoms with Gasteiger partial charge >= 0.3 is 0 Å². The van der Waals surface area contributed by atoms with Gasteiger partial charge in [0.1, 0.15) is 4.60 Å². The van der Waals surface area contributed by atoms with E-state index in [4.69, 9.17) is 4.74 Å². The van der Waals surface area contributed by atoms with E-state index in [1.807, 2.05) is 28.9 Å². The van der Waals surface area contributed by atoms with Crippen LogP contribution in [0.5, 0.6) is 0 Å². The molecule has 0 spiro atoms. The maximum atomic E-state index is 5.82. The quantitative estimate of drug-likeness (QED) is 0.838. The van der Waals surface area contributed by atoms with Crippen molar-refractivity contribution in [3.63, 3.8) is 0 Å². The van der Waals surface area contributed by atoms with Gasteiger partial charge in [0, 0.05) is 6.61 Å². The molecule has 2 heterocycles. The average molecular weight is 307 g/mol. The lowest BCUT2D eigenvalue weighted by atomic mass is 10.1. The number of ether oxygens (including phenoxy) is 1. The van der Waals surface area contributed by atoms with Crippen molar-refractivity contribution in [3.05, 3.63) is 41.0 Å². The molecule has 1 unspecified atom stereocenters. The summed E-state index contributed by atoms with van der Waals surface area (Å²) in [6, 6.07) is 12.4. The van der Waals surface area contributed by atoms with Crippen molar-refractivity contribution in [3.8, 4) is 11.3 Å². The van der Waals surface area contributed by atoms with E-state index in [-0.39, 0.29) is 6.23 Å². The lowest BCUT2D eigenvalue weighted by Gasteiger charge is -2.24. The Morgan fingerprint density at radius 1 is 1.22 bits per heavy atom. The SMILES string of the molecule is Brc1cc(-c2ccccc2)n(C2CCCCO2)n1. The fraction of sp³-hybridized carbons (Fsp3) is 0.357. The van der Waals surface area contributed by atoms with E-state index in [9.17, 15) is 0 Å². The number of hydrogen-bond donors (Lipinski definition) is 0. The predicted octanol–water partition coefficient (Wildman–Crippen LogP) is 4.01. The van der Waals surface area contributed by atoms with Crippen LogP contribution in [-0.2, 0) is 4.74 Å². The summed E-state index contributed by atoms with van der Waals surface area (Å²) in [4.78, 5) is 0. The van der Waals surface area contributed by atoms with E-state index in [0.29, 0.717) is 0 Å². The fourth-order valence-electron chi connectivity index (χ4n) is 2.33. The predicted molar refractivity (Wildman–Crippen MR) is 74.2 cm³/mol. The van der Waals surface area contributed by atoms with Gasteiger partial charge in [-0.2, -0.15) is 5.10 Å². The Kier molecular flexibility index (Phi) is 3.48. The number of rotatable bonds is 2. The number of aromatic nitrogens is 2. The average Bonchev–Trinajstić information content (AvgIpc) is 2.83. The van der Waals surface area contributed by atoms with Crippen molar-refractivity contribution in [2.24, 2.45) is 0 Å². The van der Waals surface area contributed by atoms with Crippen molar-refractivity contribution in [2.75, 3.05) is 6.61 Å². The summed E-state index contributed by atoms with van der Waals surface area (Å²) < 4.78 is 8.67. The molecule has 0 aliphatic carbocycles. The van der Waals surface area contributed by atoms with Crippen LogP contribution in [0.4, 0.5) is 0 Å². The summed E-state index contributed by atoms with van der Waals surface area (Å²) in [6.07, 6.45) is 3.46. The lowest BCUT2D eigenvalue weighted by molar-refractivity contribution is -0.0385. The standard InChI is InChI=1S/C14H15BrN2O/c15-13-10-12(11-6-2-1-3-7-11)17(16-13)14-8-4-5-9-18-14/h1-3,6-7,10,14H,4-5,8-9H2. The highest BCUT2D eigenvalue weighted by molar-refractivity contribution is 9.10. The smallest absolute Gasteiger partial charge is 0.150 e. The molecular formula is C14H15BrN2O. The van der Waals surface area contributed by atoms with Crippen LogP contribution in [0.1, 0.15) is 25.5 Å². The summed E-state index contributed by atoms with van der Waals surface area (Å²) >= 11 is 3.46. The molecule has 0 bridgehead atoms. The molecule has 3 rings (SSSR count). The second kappa shape index (κ2) is 5.24. The topological polar surface area (TPSA) is 27.1 Å². The molecule has 1 aliphatic rings. The van der Waals surface area contributed by atoms with Gasteiger partial charge in [-0.3, -0.25) is 0 Å². The summed E-state index contributed by atoms with van der Waals surface area (Å²) in [5.74, 6) is 0. The Morgan fingerprint density at radius 3 is 2.78 bits per heavy atom. The number of nitrogens with zero attached hydrogens (tertiary/aromatic N) is 2. The minimum Gasteiger partial charge on any atom is -0.356 e. The van der Waals surface area contributed by atoms with E-state index < -0.39 is 0 Å². The number of halogens is 1. The molecule has 18 heavy (non-hydrogen) atoms. The highest BCUT2D eigenvalue weighted by Gasteiger charge is 2.20. The van der Waals surface area contributed by atoms with E-state index in [1.165, 1.54) is 12.0 Å². The molecule has 1 saturated heterocycles. The van der Waals surface area contributed by atoms with Gasteiger partial charge in [0.25, 0.3) is 0 Å². The molecule has 0 amide bonds. The Morgan fingerprint density at radius 2 is 2.06 bits per heavy atom. The van der Waals surface area contributed by atoms with Gasteiger partial charge in [0.2, 0.25) is 0 Å². The first-order chi connectivity index (χ1) is 8.84. The van der Waals surface area contributed by atoms with Crippen molar-refractivity contribution in [2.45, 2.75) is 25.5 Å². The zero-order chi connectivity index (χ0) is 12.4. The number of hydrogen-bond acceptors (Lipinski definition) is 2. The van der Waals surface area contributed by atoms with Gasteiger partial charge in [-0.15, -0.1) is 0 Å². The molecular weight excluding hydrogens is 292 g/mol. The molecule has 1 aliphatic heterocycles. The van der Waals surface area contributed by atoms with Gasteiger partial charge in [-0.1, -0.05) is 30.3 Å². The Labute approximate surface area is 115 Å². The van der Waals surface area contributed by atoms with Crippen LogP contribution in [0.25, 0.3) is 11.3 Å². The lowest BCUT2D eigenvalue weighted by Crippen LogP contribution is -2.19. The van der Waals surface area contributed by atoms with Crippen LogP contribution in [0.2, 0.25) is 0 Å². The molecule has 1 atom stereocenters. The largest absolute Gasteiger partial charge is 0.356 e. The molecule has 4 heteroatoms. The second-order valence-corrected chi connectivity index (χ2v) is 5.30. The van der Waals surface area contributed by atoms with Crippen molar-refractivity contribution in [1.29, 1.82) is 0 Å². The molecule has 3 nitrogen and oxygen atoms in total. The first-order valence-corrected chi connectivity index (χ1v) is 7.06. The molecule has 0 N–H and O–H groups in total. The third-order valence-corrected chi connectivity index (χ3v) is 3.59. The molecule has 2 aromatic rings. The third kappa shape index (κ3) is 2.35. The summed E-state index contributed by atoms with van der Waals surface area (Å²) in [6.45, 7) is 0.830. The molecule has 1 fully saturated rings. The molecule has 1 aromatic heterocycles. The zero-order valence-electron chi connectivity index (χ0n) is 10.1. The summed E-state index contributed by atoms with van der Waals surface area (Å²) in [5.41, 5.74) is 2.28. The highest BCUT2D eigenvalue weighted by atomic mass is 79.9. The third-order valence-electron chi connectivity index (χ3n) is 3.20. The second-order valence-electron chi connectivity index (χ2n) is 4.48. The van der Waals surface area contributed by atoms with Gasteiger partial charge in [0.05, 0.1) is 5.69 Å². The zero-order valence-corrected chi connectivity index (χ0v) is 11.6. The fourth-order valence-corrected chi connectivity index (χ4v) is 2.71. The van der Waals surface area contributed by atoms with Crippen molar-refractivity contribution < 1.29 is 4.74 Å². The maximum Gasteiger partial charge on any atom is 0.150 e. The van der Waals surface area contributed by atoms with E-state index in [0.717, 1.165) is 29.7 Å². The molecule has 0 radical (unpaired) electrons. The van der Waals surface area contributed by atoms with E-state index in [2.05, 4.69) is 33.2 Å². The van der Waals surface area contributed by atoms with Crippen LogP contribution in [0.15, 0.2) is 41.0 Å². The minimum atomic E-state index is 0.0697. The van der Waals surface area contributed by atoms with E-state index in [1.54, 1.807) is 0 Å². The maximum absolute atomic E-state index is 5.82. The van der Waals surface area contributed by atoms with Gasteiger partial charge in [-0.25, -0.2) is 4.68 Å².